The number of carbonyl (C=O) groups is 1. The Kier molecular flexibility index (Phi) is 6.26. The maximum atomic E-state index is 13.9. The number of benzene rings is 2. The zero-order valence-electron chi connectivity index (χ0n) is 15.7. The third-order valence-corrected chi connectivity index (χ3v) is 6.22. The van der Waals surface area contributed by atoms with Crippen LogP contribution in [0, 0.1) is 5.82 Å². The average Bonchev–Trinajstić information content (AvgIpc) is 3.31. The Morgan fingerprint density at radius 3 is 2.70 bits per heavy atom. The van der Waals surface area contributed by atoms with Crippen LogP contribution in [0.1, 0.15) is 6.92 Å². The number of rotatable bonds is 6. The maximum absolute atomic E-state index is 13.9. The minimum atomic E-state index is -0.502. The Morgan fingerprint density at radius 2 is 1.93 bits per heavy atom. The molecule has 4 rings (SSSR count). The van der Waals surface area contributed by atoms with Gasteiger partial charge in [-0.3, -0.25) is 9.36 Å². The largest absolute Gasteiger partial charge is 0.453 e. The monoisotopic (exact) mass is 552 g/mol. The molecule has 2 aromatic carbocycles. The van der Waals surface area contributed by atoms with Crippen LogP contribution in [0.3, 0.4) is 0 Å². The summed E-state index contributed by atoms with van der Waals surface area (Å²) in [4.78, 5) is 12.3. The van der Waals surface area contributed by atoms with Gasteiger partial charge in [0.1, 0.15) is 11.4 Å². The smallest absolute Gasteiger partial charge is 0.234 e. The van der Waals surface area contributed by atoms with Gasteiger partial charge in [-0.15, -0.1) is 10.2 Å². The summed E-state index contributed by atoms with van der Waals surface area (Å²) >= 11 is 7.87. The van der Waals surface area contributed by atoms with Crippen LogP contribution in [0.25, 0.3) is 22.6 Å². The molecule has 0 aliphatic carbocycles. The van der Waals surface area contributed by atoms with E-state index in [0.717, 1.165) is 15.4 Å². The third-order valence-electron chi connectivity index (χ3n) is 4.27. The second-order valence-electron chi connectivity index (χ2n) is 6.30. The van der Waals surface area contributed by atoms with Crippen LogP contribution in [0.2, 0.25) is 0 Å². The van der Waals surface area contributed by atoms with Gasteiger partial charge in [0.25, 0.3) is 0 Å². The maximum Gasteiger partial charge on any atom is 0.234 e. The van der Waals surface area contributed by atoms with E-state index in [1.807, 2.05) is 35.8 Å². The fourth-order valence-electron chi connectivity index (χ4n) is 2.89. The van der Waals surface area contributed by atoms with E-state index < -0.39 is 5.82 Å². The second-order valence-corrected chi connectivity index (χ2v) is 9.08. The molecule has 0 fully saturated rings. The van der Waals surface area contributed by atoms with Crippen LogP contribution in [-0.4, -0.2) is 26.4 Å². The number of nitrogens with one attached hydrogen (secondary N) is 1. The molecule has 0 aliphatic rings. The van der Waals surface area contributed by atoms with Gasteiger partial charge in [0, 0.05) is 20.9 Å². The van der Waals surface area contributed by atoms with Gasteiger partial charge in [0.05, 0.1) is 11.4 Å². The van der Waals surface area contributed by atoms with Crippen LogP contribution < -0.4 is 5.32 Å². The molecule has 1 amide bonds. The summed E-state index contributed by atoms with van der Waals surface area (Å²) in [6, 6.07) is 12.1. The standard InChI is InChI=1S/C20H15Br2FN4O2S/c1-2-27-19(17-8-11-7-12(21)4-6-16(11)29-17)25-26-20(27)30-10-18(28)24-15-5-3-13(22)9-14(15)23/h3-9H,2,10H2,1H3,(H,24,28). The number of hydrogen-bond acceptors (Lipinski definition) is 5. The molecule has 0 bridgehead atoms. The number of furan rings is 1. The summed E-state index contributed by atoms with van der Waals surface area (Å²) in [5, 5.41) is 12.6. The van der Waals surface area contributed by atoms with E-state index in [1.54, 1.807) is 6.07 Å². The molecule has 6 nitrogen and oxygen atoms in total. The van der Waals surface area contributed by atoms with Gasteiger partial charge in [-0.2, -0.15) is 0 Å². The highest BCUT2D eigenvalue weighted by atomic mass is 79.9. The van der Waals surface area contributed by atoms with Crippen molar-refractivity contribution < 1.29 is 13.6 Å². The quantitative estimate of drug-likeness (QED) is 0.292. The number of fused-ring (bicyclic) bond motifs is 1. The highest BCUT2D eigenvalue weighted by Crippen LogP contribution is 2.31. The molecule has 2 aromatic heterocycles. The molecule has 0 unspecified atom stereocenters. The molecule has 4 aromatic rings. The molecule has 154 valence electrons. The van der Waals surface area contributed by atoms with Gasteiger partial charge in [-0.05, 0) is 49.4 Å². The molecular weight excluding hydrogens is 539 g/mol. The van der Waals surface area contributed by atoms with Crippen molar-refractivity contribution in [1.29, 1.82) is 0 Å². The van der Waals surface area contributed by atoms with Crippen LogP contribution in [0.15, 0.2) is 61.0 Å². The summed E-state index contributed by atoms with van der Waals surface area (Å²) in [5.74, 6) is 0.429. The van der Waals surface area contributed by atoms with Crippen molar-refractivity contribution in [2.45, 2.75) is 18.6 Å². The molecule has 0 atom stereocenters. The number of aromatic nitrogens is 3. The molecular formula is C20H15Br2FN4O2S. The fourth-order valence-corrected chi connectivity index (χ4v) is 4.41. The van der Waals surface area contributed by atoms with E-state index in [9.17, 15) is 9.18 Å². The first-order chi connectivity index (χ1) is 14.4. The van der Waals surface area contributed by atoms with Gasteiger partial charge >= 0.3 is 0 Å². The third kappa shape index (κ3) is 4.45. The van der Waals surface area contributed by atoms with Gasteiger partial charge in [-0.25, -0.2) is 4.39 Å². The molecule has 30 heavy (non-hydrogen) atoms. The predicted octanol–water partition coefficient (Wildman–Crippen LogP) is 6.11. The lowest BCUT2D eigenvalue weighted by Gasteiger charge is -2.07. The number of halogens is 3. The minimum Gasteiger partial charge on any atom is -0.453 e. The number of thioether (sulfide) groups is 1. The second kappa shape index (κ2) is 8.91. The Bertz CT molecular complexity index is 1240. The fraction of sp³-hybridized carbons (Fsp3) is 0.150. The van der Waals surface area contributed by atoms with Crippen molar-refractivity contribution in [1.82, 2.24) is 14.8 Å². The molecule has 0 spiro atoms. The number of amides is 1. The molecule has 2 heterocycles. The van der Waals surface area contributed by atoms with Gasteiger partial charge in [0.15, 0.2) is 10.9 Å². The first kappa shape index (κ1) is 21.1. The van der Waals surface area contributed by atoms with Crippen LogP contribution in [0.5, 0.6) is 0 Å². The Morgan fingerprint density at radius 1 is 1.17 bits per heavy atom. The van der Waals surface area contributed by atoms with E-state index in [4.69, 9.17) is 4.42 Å². The summed E-state index contributed by atoms with van der Waals surface area (Å²) < 4.78 is 23.3. The Hall–Kier alpha value is -2.17. The summed E-state index contributed by atoms with van der Waals surface area (Å²) in [7, 11) is 0. The molecule has 10 heteroatoms. The lowest BCUT2D eigenvalue weighted by atomic mass is 10.2. The van der Waals surface area contributed by atoms with Crippen molar-refractivity contribution in [2.24, 2.45) is 0 Å². The number of nitrogens with zero attached hydrogens (tertiary/aromatic N) is 3. The molecule has 0 saturated heterocycles. The van der Waals surface area contributed by atoms with E-state index in [1.165, 1.54) is 23.9 Å². The van der Waals surface area contributed by atoms with Crippen molar-refractivity contribution in [2.75, 3.05) is 11.1 Å². The lowest BCUT2D eigenvalue weighted by molar-refractivity contribution is -0.113. The van der Waals surface area contributed by atoms with Crippen LogP contribution in [-0.2, 0) is 11.3 Å². The number of carbonyl (C=O) groups excluding carboxylic acids is 1. The topological polar surface area (TPSA) is 73.0 Å². The van der Waals surface area contributed by atoms with Gasteiger partial charge in [0.2, 0.25) is 11.7 Å². The van der Waals surface area contributed by atoms with Crippen LogP contribution in [0.4, 0.5) is 10.1 Å². The molecule has 0 aliphatic heterocycles. The number of anilines is 1. The predicted molar refractivity (Wildman–Crippen MR) is 122 cm³/mol. The normalized spacial score (nSPS) is 11.2. The summed E-state index contributed by atoms with van der Waals surface area (Å²) in [6.07, 6.45) is 0. The molecule has 0 saturated carbocycles. The van der Waals surface area contributed by atoms with Crippen molar-refractivity contribution in [3.63, 3.8) is 0 Å². The molecule has 0 radical (unpaired) electrons. The zero-order valence-corrected chi connectivity index (χ0v) is 19.6. The lowest BCUT2D eigenvalue weighted by Crippen LogP contribution is -2.15. The van der Waals surface area contributed by atoms with Gasteiger partial charge in [-0.1, -0.05) is 43.6 Å². The summed E-state index contributed by atoms with van der Waals surface area (Å²) in [6.45, 7) is 2.57. The Balaban J connectivity index is 1.49. The zero-order chi connectivity index (χ0) is 21.3. The number of hydrogen-bond donors (Lipinski definition) is 1. The first-order valence-electron chi connectivity index (χ1n) is 8.95. The van der Waals surface area contributed by atoms with Crippen molar-refractivity contribution in [3.8, 4) is 11.6 Å². The highest BCUT2D eigenvalue weighted by Gasteiger charge is 2.18. The van der Waals surface area contributed by atoms with Gasteiger partial charge < -0.3 is 9.73 Å². The molecule has 1 N–H and O–H groups in total. The van der Waals surface area contributed by atoms with E-state index in [0.29, 0.717) is 27.8 Å². The minimum absolute atomic E-state index is 0.0702. The first-order valence-corrected chi connectivity index (χ1v) is 11.5. The highest BCUT2D eigenvalue weighted by molar-refractivity contribution is 9.10. The average molecular weight is 554 g/mol. The SMILES string of the molecule is CCn1c(SCC(=O)Nc2ccc(Br)cc2F)nnc1-c1cc2cc(Br)ccc2o1. The van der Waals surface area contributed by atoms with E-state index >= 15 is 0 Å². The Labute approximate surface area is 192 Å². The van der Waals surface area contributed by atoms with E-state index in [-0.39, 0.29) is 17.3 Å². The van der Waals surface area contributed by atoms with E-state index in [2.05, 4.69) is 47.4 Å². The van der Waals surface area contributed by atoms with Crippen LogP contribution >= 0.6 is 43.6 Å². The summed E-state index contributed by atoms with van der Waals surface area (Å²) in [5.41, 5.74) is 0.888. The van der Waals surface area contributed by atoms with Crippen molar-refractivity contribution in [3.05, 3.63) is 57.2 Å². The van der Waals surface area contributed by atoms with Crippen molar-refractivity contribution >= 4 is 66.2 Å².